The molecule has 1 aliphatic carbocycles. The molecule has 0 saturated carbocycles. The molecule has 1 atom stereocenters. The van der Waals surface area contributed by atoms with Crippen LogP contribution in [0.15, 0.2) is 24.3 Å². The lowest BCUT2D eigenvalue weighted by atomic mass is 9.97. The van der Waals surface area contributed by atoms with Gasteiger partial charge in [0.25, 0.3) is 0 Å². The average molecular weight is 207 g/mol. The van der Waals surface area contributed by atoms with Gasteiger partial charge in [-0.2, -0.15) is 0 Å². The molecule has 0 bridgehead atoms. The van der Waals surface area contributed by atoms with E-state index in [1.807, 2.05) is 12.1 Å². The second kappa shape index (κ2) is 2.82. The largest absolute Gasteiger partial charge is 0.0786 e. The van der Waals surface area contributed by atoms with Crippen molar-refractivity contribution in [1.29, 1.82) is 0 Å². The first-order valence-corrected chi connectivity index (χ1v) is 4.50. The predicted molar refractivity (Wildman–Crippen MR) is 48.5 cm³/mol. The van der Waals surface area contributed by atoms with Crippen molar-refractivity contribution in [2.24, 2.45) is 0 Å². The maximum Gasteiger partial charge on any atom is 0.0647 e. The SMILES string of the molecule is BrC1[C]=CCc2c[c]ccc21. The Balaban J connectivity index is 2.50. The summed E-state index contributed by atoms with van der Waals surface area (Å²) in [5, 5.41) is 0. The third kappa shape index (κ3) is 1.25. The number of alkyl halides is 1. The maximum absolute atomic E-state index is 3.53. The predicted octanol–water partition coefficient (Wildman–Crippen LogP) is 2.84. The number of fused-ring (bicyclic) bond motifs is 1. The van der Waals surface area contributed by atoms with Gasteiger partial charge in [-0.25, -0.2) is 0 Å². The molecule has 0 saturated heterocycles. The van der Waals surface area contributed by atoms with Crippen LogP contribution in [-0.4, -0.2) is 0 Å². The van der Waals surface area contributed by atoms with Crippen molar-refractivity contribution in [1.82, 2.24) is 0 Å². The first-order valence-electron chi connectivity index (χ1n) is 3.58. The third-order valence-corrected chi connectivity index (χ3v) is 2.60. The van der Waals surface area contributed by atoms with Crippen LogP contribution in [0.3, 0.4) is 0 Å². The van der Waals surface area contributed by atoms with E-state index in [0.717, 1.165) is 6.42 Å². The van der Waals surface area contributed by atoms with E-state index in [-0.39, 0.29) is 4.83 Å². The Morgan fingerprint density at radius 3 is 3.27 bits per heavy atom. The van der Waals surface area contributed by atoms with Gasteiger partial charge in [0.1, 0.15) is 0 Å². The molecule has 0 amide bonds. The van der Waals surface area contributed by atoms with Gasteiger partial charge in [-0.3, -0.25) is 0 Å². The van der Waals surface area contributed by atoms with E-state index >= 15 is 0 Å². The van der Waals surface area contributed by atoms with Crippen LogP contribution >= 0.6 is 15.9 Å². The molecule has 1 unspecified atom stereocenters. The summed E-state index contributed by atoms with van der Waals surface area (Å²) in [6.45, 7) is 0. The Bertz CT molecular complexity index is 289. The Labute approximate surface area is 75.1 Å². The first-order chi connectivity index (χ1) is 5.38. The highest BCUT2D eigenvalue weighted by molar-refractivity contribution is 9.09. The first kappa shape index (κ1) is 7.11. The molecule has 0 aromatic heterocycles. The molecule has 1 heteroatoms. The van der Waals surface area contributed by atoms with Crippen molar-refractivity contribution in [3.05, 3.63) is 47.5 Å². The molecule has 0 spiro atoms. The molecule has 2 rings (SSSR count). The van der Waals surface area contributed by atoms with Gasteiger partial charge in [0, 0.05) is 0 Å². The molecule has 2 radical (unpaired) electrons. The summed E-state index contributed by atoms with van der Waals surface area (Å²) in [6, 6.07) is 9.15. The monoisotopic (exact) mass is 206 g/mol. The average Bonchev–Trinajstić information content (AvgIpc) is 2.06. The zero-order valence-corrected chi connectivity index (χ0v) is 7.56. The molecule has 0 aliphatic heterocycles. The minimum atomic E-state index is 0.279. The second-order valence-corrected chi connectivity index (χ2v) is 3.48. The molecule has 0 N–H and O–H groups in total. The van der Waals surface area contributed by atoms with E-state index in [0.29, 0.717) is 0 Å². The van der Waals surface area contributed by atoms with Crippen LogP contribution in [0.1, 0.15) is 16.0 Å². The highest BCUT2D eigenvalue weighted by Crippen LogP contribution is 2.30. The quantitative estimate of drug-likeness (QED) is 0.574. The van der Waals surface area contributed by atoms with E-state index in [2.05, 4.69) is 40.2 Å². The van der Waals surface area contributed by atoms with Gasteiger partial charge < -0.3 is 0 Å². The normalized spacial score (nSPS) is 21.4. The van der Waals surface area contributed by atoms with Crippen molar-refractivity contribution in [2.45, 2.75) is 11.2 Å². The standard InChI is InChI=1S/C10H7Br/c11-10-7-3-5-8-4-1-2-6-9(8)10/h2-4,6,10H,5H2. The molecule has 1 aliphatic rings. The Morgan fingerprint density at radius 1 is 1.55 bits per heavy atom. The summed E-state index contributed by atoms with van der Waals surface area (Å²) in [6.07, 6.45) is 6.28. The Kier molecular flexibility index (Phi) is 1.82. The van der Waals surface area contributed by atoms with Crippen molar-refractivity contribution < 1.29 is 0 Å². The Morgan fingerprint density at radius 2 is 2.45 bits per heavy atom. The number of allylic oxidation sites excluding steroid dienone is 2. The van der Waals surface area contributed by atoms with Crippen LogP contribution in [0.4, 0.5) is 0 Å². The molecule has 0 heterocycles. The lowest BCUT2D eigenvalue weighted by Gasteiger charge is -2.14. The highest BCUT2D eigenvalue weighted by Gasteiger charge is 2.11. The van der Waals surface area contributed by atoms with Gasteiger partial charge in [-0.05, 0) is 29.7 Å². The fourth-order valence-corrected chi connectivity index (χ4v) is 1.90. The summed E-state index contributed by atoms with van der Waals surface area (Å²) < 4.78 is 0. The fraction of sp³-hybridized carbons (Fsp3) is 0.200. The molecule has 11 heavy (non-hydrogen) atoms. The third-order valence-electron chi connectivity index (χ3n) is 1.85. The smallest absolute Gasteiger partial charge is 0.0647 e. The van der Waals surface area contributed by atoms with E-state index in [9.17, 15) is 0 Å². The van der Waals surface area contributed by atoms with Crippen LogP contribution in [0.5, 0.6) is 0 Å². The summed E-state index contributed by atoms with van der Waals surface area (Å²) >= 11 is 3.53. The molecular weight excluding hydrogens is 200 g/mol. The van der Waals surface area contributed by atoms with Crippen LogP contribution in [0.2, 0.25) is 0 Å². The van der Waals surface area contributed by atoms with Gasteiger partial charge in [-0.1, -0.05) is 40.2 Å². The fourth-order valence-electron chi connectivity index (χ4n) is 1.26. The van der Waals surface area contributed by atoms with Crippen molar-refractivity contribution >= 4 is 15.9 Å². The zero-order chi connectivity index (χ0) is 7.68. The van der Waals surface area contributed by atoms with Gasteiger partial charge >= 0.3 is 0 Å². The number of rotatable bonds is 0. The van der Waals surface area contributed by atoms with Crippen LogP contribution in [0.25, 0.3) is 0 Å². The molecule has 54 valence electrons. The summed E-state index contributed by atoms with van der Waals surface area (Å²) in [7, 11) is 0. The van der Waals surface area contributed by atoms with E-state index in [1.54, 1.807) is 0 Å². The van der Waals surface area contributed by atoms with Crippen LogP contribution in [0, 0.1) is 12.1 Å². The zero-order valence-electron chi connectivity index (χ0n) is 5.97. The lowest BCUT2D eigenvalue weighted by Crippen LogP contribution is -1.98. The van der Waals surface area contributed by atoms with Gasteiger partial charge in [0.15, 0.2) is 0 Å². The van der Waals surface area contributed by atoms with Crippen LogP contribution < -0.4 is 0 Å². The molecule has 1 aromatic rings. The molecular formula is C10H7Br. The summed E-state index contributed by atoms with van der Waals surface area (Å²) in [5.74, 6) is 0. The minimum absolute atomic E-state index is 0.279. The number of hydrogen-bond acceptors (Lipinski definition) is 0. The van der Waals surface area contributed by atoms with Crippen molar-refractivity contribution in [3.8, 4) is 0 Å². The minimum Gasteiger partial charge on any atom is -0.0786 e. The maximum atomic E-state index is 3.53. The number of benzene rings is 1. The summed E-state index contributed by atoms with van der Waals surface area (Å²) in [4.78, 5) is 0.279. The number of halogens is 1. The topological polar surface area (TPSA) is 0 Å². The van der Waals surface area contributed by atoms with Crippen molar-refractivity contribution in [2.75, 3.05) is 0 Å². The lowest BCUT2D eigenvalue weighted by molar-refractivity contribution is 1.06. The Hall–Kier alpha value is -0.560. The highest BCUT2D eigenvalue weighted by atomic mass is 79.9. The molecule has 0 fully saturated rings. The van der Waals surface area contributed by atoms with Gasteiger partial charge in [-0.15, -0.1) is 0 Å². The van der Waals surface area contributed by atoms with Crippen molar-refractivity contribution in [3.63, 3.8) is 0 Å². The molecule has 1 aromatic carbocycles. The van der Waals surface area contributed by atoms with Gasteiger partial charge in [0.2, 0.25) is 0 Å². The van der Waals surface area contributed by atoms with Crippen LogP contribution in [-0.2, 0) is 6.42 Å². The number of hydrogen-bond donors (Lipinski definition) is 0. The van der Waals surface area contributed by atoms with E-state index in [4.69, 9.17) is 0 Å². The van der Waals surface area contributed by atoms with E-state index < -0.39 is 0 Å². The van der Waals surface area contributed by atoms with E-state index in [1.165, 1.54) is 11.1 Å². The molecule has 0 nitrogen and oxygen atoms in total. The second-order valence-electron chi connectivity index (χ2n) is 2.56. The summed E-state index contributed by atoms with van der Waals surface area (Å²) in [5.41, 5.74) is 2.68. The van der Waals surface area contributed by atoms with Gasteiger partial charge in [0.05, 0.1) is 4.83 Å².